The standard InChI is InChI=1S/C17H17NO4S/c1-12(19)18-14(11-23-16(18)15-8-5-9-21-15)17(20)22-10-13-6-3-2-4-7-13/h2-9,14,16H,10-11H2,1H3/t14-,16-/m0/s1. The quantitative estimate of drug-likeness (QED) is 0.806. The average molecular weight is 331 g/mol. The maximum atomic E-state index is 12.4. The Hall–Kier alpha value is -2.21. The van der Waals surface area contributed by atoms with Gasteiger partial charge in [0.2, 0.25) is 5.91 Å². The molecule has 0 saturated carbocycles. The van der Waals surface area contributed by atoms with Gasteiger partial charge in [0.15, 0.2) is 0 Å². The largest absolute Gasteiger partial charge is 0.466 e. The van der Waals surface area contributed by atoms with Gasteiger partial charge in [-0.1, -0.05) is 30.3 Å². The van der Waals surface area contributed by atoms with Gasteiger partial charge in [0.05, 0.1) is 6.26 Å². The van der Waals surface area contributed by atoms with Crippen molar-refractivity contribution < 1.29 is 18.7 Å². The summed E-state index contributed by atoms with van der Waals surface area (Å²) in [7, 11) is 0. The normalized spacial score (nSPS) is 20.5. The van der Waals surface area contributed by atoms with E-state index in [9.17, 15) is 9.59 Å². The van der Waals surface area contributed by atoms with Crippen LogP contribution in [0, 0.1) is 0 Å². The van der Waals surface area contributed by atoms with Gasteiger partial charge in [0.25, 0.3) is 0 Å². The lowest BCUT2D eigenvalue weighted by molar-refractivity contribution is -0.154. The minimum Gasteiger partial charge on any atom is -0.466 e. The molecular formula is C17H17NO4S. The molecule has 1 fully saturated rings. The number of nitrogens with zero attached hydrogens (tertiary/aromatic N) is 1. The van der Waals surface area contributed by atoms with E-state index >= 15 is 0 Å². The number of benzene rings is 1. The highest BCUT2D eigenvalue weighted by atomic mass is 32.2. The van der Waals surface area contributed by atoms with Crippen LogP contribution in [0.5, 0.6) is 0 Å². The lowest BCUT2D eigenvalue weighted by Crippen LogP contribution is -2.42. The first-order chi connectivity index (χ1) is 11.2. The number of hydrogen-bond acceptors (Lipinski definition) is 5. The number of carbonyl (C=O) groups excluding carboxylic acids is 2. The van der Waals surface area contributed by atoms with Crippen molar-refractivity contribution in [2.45, 2.75) is 24.9 Å². The zero-order chi connectivity index (χ0) is 16.2. The number of thioether (sulfide) groups is 1. The Bertz CT molecular complexity index is 671. The number of esters is 1. The molecule has 2 atom stereocenters. The van der Waals surface area contributed by atoms with Gasteiger partial charge in [0, 0.05) is 12.7 Å². The molecule has 2 heterocycles. The maximum Gasteiger partial charge on any atom is 0.330 e. The molecule has 120 valence electrons. The molecule has 5 nitrogen and oxygen atoms in total. The highest BCUT2D eigenvalue weighted by Crippen LogP contribution is 2.41. The van der Waals surface area contributed by atoms with E-state index in [-0.39, 0.29) is 23.9 Å². The molecule has 1 amide bonds. The second-order valence-electron chi connectivity index (χ2n) is 5.24. The number of rotatable bonds is 4. The summed E-state index contributed by atoms with van der Waals surface area (Å²) in [5, 5.41) is -0.281. The van der Waals surface area contributed by atoms with Crippen LogP contribution in [0.4, 0.5) is 0 Å². The zero-order valence-corrected chi connectivity index (χ0v) is 13.5. The van der Waals surface area contributed by atoms with Crippen LogP contribution in [0.1, 0.15) is 23.6 Å². The highest BCUT2D eigenvalue weighted by molar-refractivity contribution is 7.99. The highest BCUT2D eigenvalue weighted by Gasteiger charge is 2.43. The molecule has 0 unspecified atom stereocenters. The predicted octanol–water partition coefficient (Wildman–Crippen LogP) is 2.99. The fraction of sp³-hybridized carbons (Fsp3) is 0.294. The molecule has 0 bridgehead atoms. The van der Waals surface area contributed by atoms with E-state index in [0.29, 0.717) is 11.5 Å². The third-order valence-corrected chi connectivity index (χ3v) is 4.93. The van der Waals surface area contributed by atoms with Crippen LogP contribution >= 0.6 is 11.8 Å². The molecule has 0 N–H and O–H groups in total. The van der Waals surface area contributed by atoms with Crippen molar-refractivity contribution in [3.63, 3.8) is 0 Å². The molecule has 0 aliphatic carbocycles. The summed E-state index contributed by atoms with van der Waals surface area (Å²) in [6.07, 6.45) is 1.56. The topological polar surface area (TPSA) is 59.8 Å². The van der Waals surface area contributed by atoms with E-state index in [4.69, 9.17) is 9.15 Å². The number of carbonyl (C=O) groups is 2. The van der Waals surface area contributed by atoms with Gasteiger partial charge in [-0.25, -0.2) is 4.79 Å². The van der Waals surface area contributed by atoms with E-state index in [2.05, 4.69) is 0 Å². The molecule has 23 heavy (non-hydrogen) atoms. The summed E-state index contributed by atoms with van der Waals surface area (Å²) in [6.45, 7) is 1.66. The number of ether oxygens (including phenoxy) is 1. The van der Waals surface area contributed by atoms with E-state index in [1.54, 1.807) is 12.3 Å². The molecule has 1 aromatic carbocycles. The van der Waals surface area contributed by atoms with Crippen LogP contribution in [0.3, 0.4) is 0 Å². The van der Waals surface area contributed by atoms with Crippen LogP contribution in [-0.2, 0) is 20.9 Å². The van der Waals surface area contributed by atoms with E-state index in [0.717, 1.165) is 5.56 Å². The Morgan fingerprint density at radius 2 is 2.04 bits per heavy atom. The smallest absolute Gasteiger partial charge is 0.330 e. The summed E-state index contributed by atoms with van der Waals surface area (Å²) in [5.41, 5.74) is 0.920. The summed E-state index contributed by atoms with van der Waals surface area (Å²) in [6, 6.07) is 12.5. The van der Waals surface area contributed by atoms with Crippen molar-refractivity contribution in [1.29, 1.82) is 0 Å². The molecule has 2 aromatic rings. The Balaban J connectivity index is 1.69. The van der Waals surface area contributed by atoms with Gasteiger partial charge < -0.3 is 14.1 Å². The van der Waals surface area contributed by atoms with Gasteiger partial charge in [0.1, 0.15) is 23.8 Å². The minimum absolute atomic E-state index is 0.168. The Kier molecular flexibility index (Phi) is 4.71. The third kappa shape index (κ3) is 3.42. The number of amides is 1. The summed E-state index contributed by atoms with van der Waals surface area (Å²) < 4.78 is 10.8. The molecule has 1 saturated heterocycles. The molecule has 1 aliphatic heterocycles. The van der Waals surface area contributed by atoms with Crippen LogP contribution in [0.15, 0.2) is 53.1 Å². The first kappa shape index (κ1) is 15.7. The SMILES string of the molecule is CC(=O)N1[C@H](C(=O)OCc2ccccc2)CS[C@H]1c1ccco1. The second-order valence-corrected chi connectivity index (χ2v) is 6.35. The lowest BCUT2D eigenvalue weighted by atomic mass is 10.2. The fourth-order valence-corrected chi connectivity index (χ4v) is 3.96. The van der Waals surface area contributed by atoms with Gasteiger partial charge in [-0.3, -0.25) is 4.79 Å². The zero-order valence-electron chi connectivity index (χ0n) is 12.7. The molecular weight excluding hydrogens is 314 g/mol. The lowest BCUT2D eigenvalue weighted by Gasteiger charge is -2.25. The first-order valence-electron chi connectivity index (χ1n) is 7.31. The van der Waals surface area contributed by atoms with Crippen molar-refractivity contribution in [3.8, 4) is 0 Å². The average Bonchev–Trinajstić information content (AvgIpc) is 3.22. The van der Waals surface area contributed by atoms with Gasteiger partial charge in [-0.05, 0) is 17.7 Å². The van der Waals surface area contributed by atoms with Gasteiger partial charge in [-0.2, -0.15) is 0 Å². The van der Waals surface area contributed by atoms with E-state index in [1.807, 2.05) is 36.4 Å². The maximum absolute atomic E-state index is 12.4. The minimum atomic E-state index is -0.587. The monoisotopic (exact) mass is 331 g/mol. The molecule has 1 aliphatic rings. The van der Waals surface area contributed by atoms with Crippen molar-refractivity contribution in [1.82, 2.24) is 4.90 Å². The fourth-order valence-electron chi connectivity index (χ4n) is 2.55. The number of hydrogen-bond donors (Lipinski definition) is 0. The second kappa shape index (κ2) is 6.91. The molecule has 1 aromatic heterocycles. The van der Waals surface area contributed by atoms with Crippen LogP contribution in [-0.4, -0.2) is 28.6 Å². The predicted molar refractivity (Wildman–Crippen MR) is 86.5 cm³/mol. The first-order valence-corrected chi connectivity index (χ1v) is 8.36. The van der Waals surface area contributed by atoms with E-state index < -0.39 is 6.04 Å². The summed E-state index contributed by atoms with van der Waals surface area (Å²) in [5.74, 6) is 0.616. The van der Waals surface area contributed by atoms with E-state index in [1.165, 1.54) is 23.6 Å². The molecule has 3 rings (SSSR count). The van der Waals surface area contributed by atoms with Crippen molar-refractivity contribution >= 4 is 23.6 Å². The van der Waals surface area contributed by atoms with Crippen molar-refractivity contribution in [2.75, 3.05) is 5.75 Å². The van der Waals surface area contributed by atoms with Crippen molar-refractivity contribution in [3.05, 3.63) is 60.1 Å². The van der Waals surface area contributed by atoms with Gasteiger partial charge >= 0.3 is 5.97 Å². The Morgan fingerprint density at radius 1 is 1.26 bits per heavy atom. The van der Waals surface area contributed by atoms with Crippen LogP contribution in [0.2, 0.25) is 0 Å². The van der Waals surface area contributed by atoms with Crippen molar-refractivity contribution in [2.24, 2.45) is 0 Å². The molecule has 0 radical (unpaired) electrons. The van der Waals surface area contributed by atoms with Gasteiger partial charge in [-0.15, -0.1) is 11.8 Å². The number of furan rings is 1. The molecule has 0 spiro atoms. The molecule has 6 heteroatoms. The third-order valence-electron chi connectivity index (χ3n) is 3.65. The van der Waals surface area contributed by atoms with Crippen LogP contribution < -0.4 is 0 Å². The Labute approximate surface area is 138 Å². The summed E-state index contributed by atoms with van der Waals surface area (Å²) >= 11 is 1.51. The van der Waals surface area contributed by atoms with Crippen LogP contribution in [0.25, 0.3) is 0 Å². The summed E-state index contributed by atoms with van der Waals surface area (Å²) in [4.78, 5) is 25.9. The Morgan fingerprint density at radius 3 is 2.70 bits per heavy atom.